The first kappa shape index (κ1) is 23.5. The molecule has 4 N–H and O–H groups in total. The van der Waals surface area contributed by atoms with E-state index in [1.807, 2.05) is 13.0 Å². The summed E-state index contributed by atoms with van der Waals surface area (Å²) in [4.78, 5) is 16.7. The normalized spacial score (nSPS) is 11.6. The number of nitrogens with one attached hydrogen (secondary N) is 1. The van der Waals surface area contributed by atoms with E-state index in [1.165, 1.54) is 19.9 Å². The van der Waals surface area contributed by atoms with Gasteiger partial charge in [0.2, 0.25) is 0 Å². The van der Waals surface area contributed by atoms with Gasteiger partial charge in [-0.05, 0) is 56.2 Å². The molecule has 11 heteroatoms. The highest BCUT2D eigenvalue weighted by molar-refractivity contribution is 7.20. The Morgan fingerprint density at radius 3 is 2.50 bits per heavy atom. The van der Waals surface area contributed by atoms with Gasteiger partial charge in [-0.1, -0.05) is 11.3 Å². The van der Waals surface area contributed by atoms with Crippen LogP contribution < -0.4 is 11.1 Å². The van der Waals surface area contributed by atoms with E-state index in [9.17, 15) is 18.7 Å². The Kier molecular flexibility index (Phi) is 6.15. The van der Waals surface area contributed by atoms with Crippen molar-refractivity contribution in [2.75, 3.05) is 5.32 Å². The van der Waals surface area contributed by atoms with E-state index in [0.717, 1.165) is 34.7 Å². The third-order valence-electron chi connectivity index (χ3n) is 5.23. The molecule has 0 bridgehead atoms. The van der Waals surface area contributed by atoms with Gasteiger partial charge in [0.05, 0.1) is 29.5 Å². The summed E-state index contributed by atoms with van der Waals surface area (Å²) in [5, 5.41) is 21.1. The molecular formula is C23H22F2N6O2S. The van der Waals surface area contributed by atoms with Crippen LogP contribution in [0.4, 0.5) is 19.6 Å². The lowest BCUT2D eigenvalue weighted by Gasteiger charge is -2.18. The molecule has 0 aliphatic rings. The molecule has 3 heterocycles. The summed E-state index contributed by atoms with van der Waals surface area (Å²) in [6, 6.07) is 7.08. The summed E-state index contributed by atoms with van der Waals surface area (Å²) in [5.74, 6) is -2.02. The highest BCUT2D eigenvalue weighted by Crippen LogP contribution is 2.40. The highest BCUT2D eigenvalue weighted by Gasteiger charge is 2.24. The maximum absolute atomic E-state index is 14.8. The molecule has 0 saturated heterocycles. The Balaban J connectivity index is 1.67. The smallest absolute Gasteiger partial charge is 0.251 e. The second kappa shape index (κ2) is 8.92. The molecule has 4 rings (SSSR count). The summed E-state index contributed by atoms with van der Waals surface area (Å²) in [6.07, 6.45) is 3.33. The van der Waals surface area contributed by atoms with E-state index < -0.39 is 23.1 Å². The molecule has 0 radical (unpaired) electrons. The zero-order chi connectivity index (χ0) is 24.6. The number of aryl methyl sites for hydroxylation is 1. The number of anilines is 2. The maximum atomic E-state index is 14.8. The molecule has 0 aliphatic heterocycles. The minimum Gasteiger partial charge on any atom is -0.386 e. The van der Waals surface area contributed by atoms with Gasteiger partial charge in [0.15, 0.2) is 0 Å². The molecule has 4 aromatic rings. The average Bonchev–Trinajstić information content (AvgIpc) is 3.39. The van der Waals surface area contributed by atoms with Crippen molar-refractivity contribution >= 4 is 28.1 Å². The number of amides is 1. The number of primary amides is 1. The summed E-state index contributed by atoms with van der Waals surface area (Å²) in [6.45, 7) is 5.20. The van der Waals surface area contributed by atoms with Crippen LogP contribution in [0.2, 0.25) is 0 Å². The molecule has 0 spiro atoms. The van der Waals surface area contributed by atoms with Gasteiger partial charge in [0.25, 0.3) is 5.91 Å². The molecule has 0 aliphatic carbocycles. The Morgan fingerprint density at radius 2 is 1.94 bits per heavy atom. The molecule has 0 atom stereocenters. The van der Waals surface area contributed by atoms with Crippen molar-refractivity contribution in [3.05, 3.63) is 76.7 Å². The van der Waals surface area contributed by atoms with Crippen LogP contribution in [0.3, 0.4) is 0 Å². The first-order valence-corrected chi connectivity index (χ1v) is 11.1. The van der Waals surface area contributed by atoms with Crippen LogP contribution in [-0.4, -0.2) is 31.0 Å². The third kappa shape index (κ3) is 4.80. The van der Waals surface area contributed by atoms with Gasteiger partial charge in [-0.15, -0.1) is 16.4 Å². The van der Waals surface area contributed by atoms with Crippen LogP contribution in [0.15, 0.2) is 42.7 Å². The van der Waals surface area contributed by atoms with Crippen molar-refractivity contribution in [3.8, 4) is 10.4 Å². The Morgan fingerprint density at radius 1 is 1.24 bits per heavy atom. The number of carbonyl (C=O) groups excluding carboxylic acids is 1. The van der Waals surface area contributed by atoms with Crippen LogP contribution in [-0.2, 0) is 12.1 Å². The van der Waals surface area contributed by atoms with Crippen LogP contribution in [0.5, 0.6) is 0 Å². The SMILES string of the molecule is Cc1nc(Nc2sc(-c3c(F)cc(C(C)(C)O)cc3F)cc2C(N)=O)ccc1Cn1ccnn1. The number of nitrogens with two attached hydrogens (primary N) is 1. The predicted molar refractivity (Wildman–Crippen MR) is 125 cm³/mol. The number of aromatic nitrogens is 4. The number of hydrogen-bond donors (Lipinski definition) is 3. The van der Waals surface area contributed by atoms with E-state index in [1.54, 1.807) is 23.1 Å². The number of rotatable bonds is 7. The number of hydrogen-bond acceptors (Lipinski definition) is 7. The summed E-state index contributed by atoms with van der Waals surface area (Å²) < 4.78 is 31.4. The number of aliphatic hydroxyl groups is 1. The second-order valence-corrected chi connectivity index (χ2v) is 9.31. The predicted octanol–water partition coefficient (Wildman–Crippen LogP) is 4.11. The minimum absolute atomic E-state index is 0.0801. The van der Waals surface area contributed by atoms with Gasteiger partial charge < -0.3 is 16.2 Å². The lowest BCUT2D eigenvalue weighted by molar-refractivity contribution is 0.0778. The van der Waals surface area contributed by atoms with Crippen LogP contribution in [0.1, 0.15) is 41.0 Å². The first-order chi connectivity index (χ1) is 16.0. The van der Waals surface area contributed by atoms with Crippen molar-refractivity contribution in [1.29, 1.82) is 0 Å². The van der Waals surface area contributed by atoms with E-state index in [-0.39, 0.29) is 21.6 Å². The van der Waals surface area contributed by atoms with Crippen molar-refractivity contribution in [2.45, 2.75) is 32.9 Å². The fourth-order valence-corrected chi connectivity index (χ4v) is 4.51. The topological polar surface area (TPSA) is 119 Å². The van der Waals surface area contributed by atoms with Crippen LogP contribution in [0, 0.1) is 18.6 Å². The fourth-order valence-electron chi connectivity index (χ4n) is 3.39. The van der Waals surface area contributed by atoms with E-state index in [0.29, 0.717) is 17.4 Å². The van der Waals surface area contributed by atoms with Gasteiger partial charge in [0.1, 0.15) is 22.5 Å². The third-order valence-corrected chi connectivity index (χ3v) is 6.30. The molecular weight excluding hydrogens is 462 g/mol. The molecule has 0 unspecified atom stereocenters. The number of halogens is 2. The van der Waals surface area contributed by atoms with Gasteiger partial charge in [-0.25, -0.2) is 18.4 Å². The fraction of sp³-hybridized carbons (Fsp3) is 0.217. The average molecular weight is 485 g/mol. The van der Waals surface area contributed by atoms with Crippen molar-refractivity contribution in [2.24, 2.45) is 5.73 Å². The Bertz CT molecular complexity index is 1340. The van der Waals surface area contributed by atoms with Gasteiger partial charge >= 0.3 is 0 Å². The Labute approximate surface area is 198 Å². The number of benzene rings is 1. The van der Waals surface area contributed by atoms with E-state index in [2.05, 4.69) is 20.6 Å². The molecule has 0 saturated carbocycles. The number of nitrogens with zero attached hydrogens (tertiary/aromatic N) is 4. The second-order valence-electron chi connectivity index (χ2n) is 8.26. The highest BCUT2D eigenvalue weighted by atomic mass is 32.1. The molecule has 0 fully saturated rings. The summed E-state index contributed by atoms with van der Waals surface area (Å²) in [7, 11) is 0. The zero-order valence-corrected chi connectivity index (χ0v) is 19.5. The van der Waals surface area contributed by atoms with Gasteiger partial charge in [-0.3, -0.25) is 4.79 Å². The monoisotopic (exact) mass is 484 g/mol. The number of carbonyl (C=O) groups is 1. The molecule has 176 valence electrons. The van der Waals surface area contributed by atoms with Gasteiger partial charge in [-0.2, -0.15) is 0 Å². The van der Waals surface area contributed by atoms with Crippen molar-refractivity contribution < 1.29 is 18.7 Å². The zero-order valence-electron chi connectivity index (χ0n) is 18.6. The van der Waals surface area contributed by atoms with E-state index >= 15 is 0 Å². The maximum Gasteiger partial charge on any atom is 0.251 e. The summed E-state index contributed by atoms with van der Waals surface area (Å²) in [5.41, 5.74) is 5.64. The lowest BCUT2D eigenvalue weighted by atomic mass is 9.96. The quantitative estimate of drug-likeness (QED) is 0.363. The van der Waals surface area contributed by atoms with Crippen molar-refractivity contribution in [1.82, 2.24) is 20.0 Å². The number of thiophene rings is 1. The molecule has 34 heavy (non-hydrogen) atoms. The minimum atomic E-state index is -1.41. The van der Waals surface area contributed by atoms with Crippen LogP contribution >= 0.6 is 11.3 Å². The largest absolute Gasteiger partial charge is 0.386 e. The van der Waals surface area contributed by atoms with Crippen LogP contribution in [0.25, 0.3) is 10.4 Å². The molecule has 1 aromatic carbocycles. The lowest BCUT2D eigenvalue weighted by Crippen LogP contribution is -2.16. The first-order valence-electron chi connectivity index (χ1n) is 10.3. The van der Waals surface area contributed by atoms with Crippen molar-refractivity contribution in [3.63, 3.8) is 0 Å². The Hall–Kier alpha value is -3.70. The molecule has 3 aromatic heterocycles. The summed E-state index contributed by atoms with van der Waals surface area (Å²) >= 11 is 0.974. The van der Waals surface area contributed by atoms with Gasteiger partial charge in [0, 0.05) is 16.8 Å². The number of pyridine rings is 1. The molecule has 1 amide bonds. The standard InChI is InChI=1S/C23H22F2N6O2S/c1-12-13(11-31-7-6-27-30-31)4-5-19(28-12)29-22-15(21(26)32)10-18(34-22)20-16(24)8-14(9-17(20)25)23(2,3)33/h4-10,33H,11H2,1-3H3,(H2,26,32)(H,28,29). The van der Waals surface area contributed by atoms with E-state index in [4.69, 9.17) is 5.73 Å². The molecule has 8 nitrogen and oxygen atoms in total.